The standard InChI is InChI=1S/C14H10F5NO/c15-9-10(16)12(18)14(13(19)11(9)17)20-5-7-1-3-8(6-21)4-2-7/h1-4,20-21H,5-6H2. The van der Waals surface area contributed by atoms with Gasteiger partial charge in [-0.2, -0.15) is 0 Å². The highest BCUT2D eigenvalue weighted by molar-refractivity contribution is 5.48. The van der Waals surface area contributed by atoms with Crippen molar-refractivity contribution in [3.8, 4) is 0 Å². The van der Waals surface area contributed by atoms with Gasteiger partial charge < -0.3 is 10.4 Å². The van der Waals surface area contributed by atoms with Crippen molar-refractivity contribution in [3.63, 3.8) is 0 Å². The van der Waals surface area contributed by atoms with Crippen LogP contribution in [0.25, 0.3) is 0 Å². The van der Waals surface area contributed by atoms with Gasteiger partial charge >= 0.3 is 0 Å². The zero-order valence-electron chi connectivity index (χ0n) is 10.6. The number of aliphatic hydroxyl groups excluding tert-OH is 1. The second kappa shape index (κ2) is 6.09. The SMILES string of the molecule is OCc1ccc(CNc2c(F)c(F)c(F)c(F)c2F)cc1. The highest BCUT2D eigenvalue weighted by Crippen LogP contribution is 2.27. The summed E-state index contributed by atoms with van der Waals surface area (Å²) in [6.07, 6.45) is 0. The maximum atomic E-state index is 13.4. The van der Waals surface area contributed by atoms with Crippen molar-refractivity contribution >= 4 is 5.69 Å². The van der Waals surface area contributed by atoms with E-state index >= 15 is 0 Å². The summed E-state index contributed by atoms with van der Waals surface area (Å²) in [5, 5.41) is 11.0. The average molecular weight is 303 g/mol. The lowest BCUT2D eigenvalue weighted by atomic mass is 10.1. The van der Waals surface area contributed by atoms with E-state index in [1.165, 1.54) is 0 Å². The van der Waals surface area contributed by atoms with Crippen molar-refractivity contribution < 1.29 is 27.1 Å². The van der Waals surface area contributed by atoms with Gasteiger partial charge in [-0.3, -0.25) is 0 Å². The Balaban J connectivity index is 2.23. The molecule has 0 amide bonds. The van der Waals surface area contributed by atoms with Crippen LogP contribution in [0.4, 0.5) is 27.6 Å². The van der Waals surface area contributed by atoms with Crippen molar-refractivity contribution in [3.05, 3.63) is 64.5 Å². The zero-order chi connectivity index (χ0) is 15.6. The summed E-state index contributed by atoms with van der Waals surface area (Å²) in [5.41, 5.74) is 0.115. The van der Waals surface area contributed by atoms with Crippen LogP contribution in [0.15, 0.2) is 24.3 Å². The van der Waals surface area contributed by atoms with Crippen LogP contribution >= 0.6 is 0 Å². The van der Waals surface area contributed by atoms with E-state index < -0.39 is 34.8 Å². The number of anilines is 1. The lowest BCUT2D eigenvalue weighted by Gasteiger charge is -2.11. The molecule has 2 nitrogen and oxygen atoms in total. The predicted molar refractivity (Wildman–Crippen MR) is 65.9 cm³/mol. The first-order chi connectivity index (χ1) is 9.95. The molecular weight excluding hydrogens is 293 g/mol. The average Bonchev–Trinajstić information content (AvgIpc) is 2.51. The third-order valence-electron chi connectivity index (χ3n) is 2.88. The summed E-state index contributed by atoms with van der Waals surface area (Å²) in [6, 6.07) is 6.28. The van der Waals surface area contributed by atoms with Gasteiger partial charge in [0.25, 0.3) is 0 Å². The zero-order valence-corrected chi connectivity index (χ0v) is 10.6. The van der Waals surface area contributed by atoms with Crippen LogP contribution in [0.2, 0.25) is 0 Å². The number of halogens is 5. The van der Waals surface area contributed by atoms with E-state index in [-0.39, 0.29) is 13.2 Å². The molecule has 0 aliphatic carbocycles. The molecular formula is C14H10F5NO. The largest absolute Gasteiger partial charge is 0.392 e. The van der Waals surface area contributed by atoms with Gasteiger partial charge in [-0.25, -0.2) is 22.0 Å². The normalized spacial score (nSPS) is 10.8. The summed E-state index contributed by atoms with van der Waals surface area (Å²) in [4.78, 5) is 0. The number of nitrogens with one attached hydrogen (secondary N) is 1. The quantitative estimate of drug-likeness (QED) is 0.515. The van der Waals surface area contributed by atoms with Crippen molar-refractivity contribution in [2.45, 2.75) is 13.2 Å². The van der Waals surface area contributed by atoms with Gasteiger partial charge in [-0.05, 0) is 11.1 Å². The van der Waals surface area contributed by atoms with Gasteiger partial charge in [-0.1, -0.05) is 24.3 Å². The molecule has 0 aliphatic heterocycles. The minimum absolute atomic E-state index is 0.135. The Morgan fingerprint density at radius 3 is 1.62 bits per heavy atom. The highest BCUT2D eigenvalue weighted by Gasteiger charge is 2.25. The molecule has 0 heterocycles. The van der Waals surface area contributed by atoms with E-state index in [1.807, 2.05) is 0 Å². The highest BCUT2D eigenvalue weighted by atomic mass is 19.2. The fourth-order valence-corrected chi connectivity index (χ4v) is 1.71. The van der Waals surface area contributed by atoms with Crippen molar-refractivity contribution in [2.24, 2.45) is 0 Å². The van der Waals surface area contributed by atoms with E-state index in [4.69, 9.17) is 5.11 Å². The number of hydrogen-bond acceptors (Lipinski definition) is 2. The Hall–Kier alpha value is -2.15. The van der Waals surface area contributed by atoms with Gasteiger partial charge in [0.15, 0.2) is 23.3 Å². The maximum absolute atomic E-state index is 13.4. The lowest BCUT2D eigenvalue weighted by molar-refractivity contribution is 0.282. The molecule has 112 valence electrons. The molecule has 0 unspecified atom stereocenters. The number of hydrogen-bond donors (Lipinski definition) is 2. The maximum Gasteiger partial charge on any atom is 0.200 e. The molecule has 0 aliphatic rings. The van der Waals surface area contributed by atoms with Crippen molar-refractivity contribution in [1.29, 1.82) is 0 Å². The molecule has 0 saturated heterocycles. The van der Waals surface area contributed by atoms with Gasteiger partial charge in [0.05, 0.1) is 6.61 Å². The molecule has 7 heteroatoms. The molecule has 0 aromatic heterocycles. The Morgan fingerprint density at radius 1 is 0.714 bits per heavy atom. The van der Waals surface area contributed by atoms with Gasteiger partial charge in [-0.15, -0.1) is 0 Å². The molecule has 0 fully saturated rings. The first-order valence-electron chi connectivity index (χ1n) is 5.89. The van der Waals surface area contributed by atoms with Gasteiger partial charge in [0.2, 0.25) is 5.82 Å². The van der Waals surface area contributed by atoms with Crippen LogP contribution < -0.4 is 5.32 Å². The summed E-state index contributed by atoms with van der Waals surface area (Å²) in [7, 11) is 0. The van der Waals surface area contributed by atoms with Crippen LogP contribution in [0.5, 0.6) is 0 Å². The molecule has 0 radical (unpaired) electrons. The summed E-state index contributed by atoms with van der Waals surface area (Å²) < 4.78 is 65.7. The molecule has 2 aromatic rings. The van der Waals surface area contributed by atoms with Crippen LogP contribution in [0, 0.1) is 29.1 Å². The Kier molecular flexibility index (Phi) is 4.42. The minimum Gasteiger partial charge on any atom is -0.392 e. The third-order valence-corrected chi connectivity index (χ3v) is 2.88. The molecule has 2 rings (SSSR count). The van der Waals surface area contributed by atoms with E-state index in [2.05, 4.69) is 5.32 Å². The Labute approximate surface area is 116 Å². The fourth-order valence-electron chi connectivity index (χ4n) is 1.71. The van der Waals surface area contributed by atoms with E-state index in [9.17, 15) is 22.0 Å². The predicted octanol–water partition coefficient (Wildman–Crippen LogP) is 3.49. The molecule has 21 heavy (non-hydrogen) atoms. The molecule has 0 saturated carbocycles. The Bertz CT molecular complexity index is 628. The van der Waals surface area contributed by atoms with E-state index in [1.54, 1.807) is 24.3 Å². The van der Waals surface area contributed by atoms with Gasteiger partial charge in [0.1, 0.15) is 5.69 Å². The molecule has 0 spiro atoms. The Morgan fingerprint density at radius 2 is 1.14 bits per heavy atom. The second-order valence-corrected chi connectivity index (χ2v) is 4.27. The topological polar surface area (TPSA) is 32.3 Å². The summed E-state index contributed by atoms with van der Waals surface area (Å²) in [5.74, 6) is -9.99. The van der Waals surface area contributed by atoms with E-state index in [0.29, 0.717) is 11.1 Å². The van der Waals surface area contributed by atoms with Gasteiger partial charge in [0, 0.05) is 6.54 Å². The monoisotopic (exact) mass is 303 g/mol. The molecule has 2 aromatic carbocycles. The molecule has 2 N–H and O–H groups in total. The van der Waals surface area contributed by atoms with Crippen LogP contribution in [-0.2, 0) is 13.2 Å². The summed E-state index contributed by atoms with van der Waals surface area (Å²) >= 11 is 0. The fraction of sp³-hybridized carbons (Fsp3) is 0.143. The van der Waals surface area contributed by atoms with Crippen molar-refractivity contribution in [2.75, 3.05) is 5.32 Å². The second-order valence-electron chi connectivity index (χ2n) is 4.27. The lowest BCUT2D eigenvalue weighted by Crippen LogP contribution is -2.09. The third kappa shape index (κ3) is 2.97. The number of rotatable bonds is 4. The molecule has 0 bridgehead atoms. The first kappa shape index (κ1) is 15.2. The summed E-state index contributed by atoms with van der Waals surface area (Å²) in [6.45, 7) is -0.296. The first-order valence-corrected chi connectivity index (χ1v) is 5.89. The smallest absolute Gasteiger partial charge is 0.200 e. The van der Waals surface area contributed by atoms with Crippen LogP contribution in [0.3, 0.4) is 0 Å². The van der Waals surface area contributed by atoms with Crippen molar-refractivity contribution in [1.82, 2.24) is 0 Å². The molecule has 0 atom stereocenters. The van der Waals surface area contributed by atoms with Crippen LogP contribution in [-0.4, -0.2) is 5.11 Å². The van der Waals surface area contributed by atoms with Crippen LogP contribution in [0.1, 0.15) is 11.1 Å². The number of benzene rings is 2. The van der Waals surface area contributed by atoms with E-state index in [0.717, 1.165) is 0 Å². The minimum atomic E-state index is -2.19. The number of aliphatic hydroxyl groups is 1.